The van der Waals surface area contributed by atoms with Gasteiger partial charge >= 0.3 is 12.0 Å². The van der Waals surface area contributed by atoms with Crippen LogP contribution in [0.25, 0.3) is 0 Å². The summed E-state index contributed by atoms with van der Waals surface area (Å²) in [5.74, 6) is -0.856. The van der Waals surface area contributed by atoms with Gasteiger partial charge in [0.1, 0.15) is 0 Å². The van der Waals surface area contributed by atoms with Gasteiger partial charge in [-0.25, -0.2) is 9.59 Å². The lowest BCUT2D eigenvalue weighted by molar-refractivity contribution is -0.127. The number of nitrogens with one attached hydrogen (secondary N) is 1. The summed E-state index contributed by atoms with van der Waals surface area (Å²) in [5.41, 5.74) is 6.29. The van der Waals surface area contributed by atoms with Gasteiger partial charge in [-0.1, -0.05) is 26.0 Å². The van der Waals surface area contributed by atoms with Gasteiger partial charge in [-0.05, 0) is 37.0 Å². The van der Waals surface area contributed by atoms with Gasteiger partial charge in [0.2, 0.25) is 0 Å². The molecule has 0 heterocycles. The number of carbonyl (C=O) groups excluding carboxylic acids is 3. The monoisotopic (exact) mass is 292 g/mol. The third-order valence-electron chi connectivity index (χ3n) is 2.73. The van der Waals surface area contributed by atoms with Gasteiger partial charge in [-0.3, -0.25) is 10.1 Å². The number of rotatable bonds is 5. The predicted molar refractivity (Wildman–Crippen MR) is 77.6 cm³/mol. The quantitative estimate of drug-likeness (QED) is 0.806. The molecule has 0 aromatic heterocycles. The molecule has 1 aromatic carbocycles. The van der Waals surface area contributed by atoms with Crippen molar-refractivity contribution < 1.29 is 19.1 Å². The number of imide groups is 1. The summed E-state index contributed by atoms with van der Waals surface area (Å²) in [6.07, 6.45) is -0.174. The van der Waals surface area contributed by atoms with Crippen LogP contribution < -0.4 is 11.1 Å². The normalized spacial score (nSPS) is 11.8. The minimum Gasteiger partial charge on any atom is -0.449 e. The average Bonchev–Trinajstić information content (AvgIpc) is 2.37. The average molecular weight is 292 g/mol. The number of benzene rings is 1. The first-order valence-corrected chi connectivity index (χ1v) is 6.69. The second kappa shape index (κ2) is 7.42. The molecule has 3 N–H and O–H groups in total. The van der Waals surface area contributed by atoms with E-state index in [4.69, 9.17) is 10.5 Å². The molecule has 0 aliphatic rings. The number of urea groups is 1. The van der Waals surface area contributed by atoms with E-state index in [-0.39, 0.29) is 0 Å². The summed E-state index contributed by atoms with van der Waals surface area (Å²) in [6, 6.07) is 6.02. The highest BCUT2D eigenvalue weighted by Crippen LogP contribution is 2.11. The van der Waals surface area contributed by atoms with Crippen LogP contribution >= 0.6 is 0 Å². The molecule has 6 nitrogen and oxygen atoms in total. The summed E-state index contributed by atoms with van der Waals surface area (Å²) in [7, 11) is 0. The van der Waals surface area contributed by atoms with Crippen LogP contribution in [0.4, 0.5) is 4.79 Å². The molecule has 21 heavy (non-hydrogen) atoms. The Balaban J connectivity index is 2.63. The molecule has 0 saturated carbocycles. The highest BCUT2D eigenvalue weighted by molar-refractivity contribution is 5.98. The van der Waals surface area contributed by atoms with E-state index in [1.165, 1.54) is 6.92 Å². The van der Waals surface area contributed by atoms with E-state index in [0.29, 0.717) is 11.5 Å². The smallest absolute Gasteiger partial charge is 0.338 e. The first-order chi connectivity index (χ1) is 9.79. The standard InChI is InChI=1S/C15H20N2O4/c1-9(2)8-11-4-6-12(7-5-11)14(19)21-10(3)13(18)17-15(16)20/h4-7,9-10H,8H2,1-3H3,(H3,16,17,18,20)/t10-/m1/s1. The lowest BCUT2D eigenvalue weighted by Crippen LogP contribution is -2.42. The number of esters is 1. The molecule has 6 heteroatoms. The number of ether oxygens (including phenoxy) is 1. The third-order valence-corrected chi connectivity index (χ3v) is 2.73. The van der Waals surface area contributed by atoms with Crippen molar-refractivity contribution >= 4 is 17.9 Å². The van der Waals surface area contributed by atoms with Crippen LogP contribution in [-0.4, -0.2) is 24.0 Å². The SMILES string of the molecule is CC(C)Cc1ccc(C(=O)O[C@H](C)C(=O)NC(N)=O)cc1. The van der Waals surface area contributed by atoms with Crippen LogP contribution in [-0.2, 0) is 16.0 Å². The van der Waals surface area contributed by atoms with Crippen molar-refractivity contribution in [1.29, 1.82) is 0 Å². The van der Waals surface area contributed by atoms with Crippen LogP contribution in [0.3, 0.4) is 0 Å². The number of nitrogens with two attached hydrogens (primary N) is 1. The largest absolute Gasteiger partial charge is 0.449 e. The molecule has 0 unspecified atom stereocenters. The van der Waals surface area contributed by atoms with E-state index in [0.717, 1.165) is 12.0 Å². The summed E-state index contributed by atoms with van der Waals surface area (Å²) in [6.45, 7) is 5.59. The van der Waals surface area contributed by atoms with Gasteiger partial charge in [-0.2, -0.15) is 0 Å². The summed E-state index contributed by atoms with van der Waals surface area (Å²) in [4.78, 5) is 33.8. The van der Waals surface area contributed by atoms with Crippen molar-refractivity contribution in [3.05, 3.63) is 35.4 Å². The predicted octanol–water partition coefficient (Wildman–Crippen LogP) is 1.63. The molecule has 0 bridgehead atoms. The Bertz CT molecular complexity index is 523. The Hall–Kier alpha value is -2.37. The molecule has 3 amide bonds. The summed E-state index contributed by atoms with van der Waals surface area (Å²) < 4.78 is 4.96. The lowest BCUT2D eigenvalue weighted by Gasteiger charge is -2.12. The Morgan fingerprint density at radius 2 is 1.71 bits per heavy atom. The van der Waals surface area contributed by atoms with Gasteiger partial charge in [0.15, 0.2) is 6.10 Å². The molecule has 1 aromatic rings. The Morgan fingerprint density at radius 3 is 2.19 bits per heavy atom. The van der Waals surface area contributed by atoms with Crippen molar-refractivity contribution in [2.75, 3.05) is 0 Å². The number of primary amides is 1. The fourth-order valence-corrected chi connectivity index (χ4v) is 1.75. The maximum atomic E-state index is 11.9. The summed E-state index contributed by atoms with van der Waals surface area (Å²) >= 11 is 0. The molecule has 0 saturated heterocycles. The molecule has 0 aliphatic heterocycles. The second-order valence-corrected chi connectivity index (χ2v) is 5.20. The lowest BCUT2D eigenvalue weighted by atomic mass is 10.0. The fraction of sp³-hybridized carbons (Fsp3) is 0.400. The third kappa shape index (κ3) is 5.64. The molecular weight excluding hydrogens is 272 g/mol. The van der Waals surface area contributed by atoms with E-state index < -0.39 is 24.0 Å². The Labute approximate surface area is 123 Å². The van der Waals surface area contributed by atoms with Gasteiger partial charge in [0.05, 0.1) is 5.56 Å². The van der Waals surface area contributed by atoms with Crippen molar-refractivity contribution in [3.63, 3.8) is 0 Å². The number of hydrogen-bond acceptors (Lipinski definition) is 4. The van der Waals surface area contributed by atoms with Crippen LogP contribution in [0.2, 0.25) is 0 Å². The molecule has 0 radical (unpaired) electrons. The van der Waals surface area contributed by atoms with E-state index in [1.54, 1.807) is 12.1 Å². The number of hydrogen-bond donors (Lipinski definition) is 2. The Morgan fingerprint density at radius 1 is 1.14 bits per heavy atom. The van der Waals surface area contributed by atoms with Gasteiger partial charge in [-0.15, -0.1) is 0 Å². The Kier molecular flexibility index (Phi) is 5.90. The van der Waals surface area contributed by atoms with E-state index in [9.17, 15) is 14.4 Å². The minimum absolute atomic E-state index is 0.348. The molecule has 0 spiro atoms. The highest BCUT2D eigenvalue weighted by atomic mass is 16.5. The van der Waals surface area contributed by atoms with Crippen LogP contribution in [0.1, 0.15) is 36.7 Å². The molecule has 1 rings (SSSR count). The zero-order valence-corrected chi connectivity index (χ0v) is 12.4. The van der Waals surface area contributed by atoms with Crippen LogP contribution in [0.15, 0.2) is 24.3 Å². The molecule has 0 fully saturated rings. The van der Waals surface area contributed by atoms with Crippen LogP contribution in [0, 0.1) is 5.92 Å². The van der Waals surface area contributed by atoms with E-state index >= 15 is 0 Å². The fourth-order valence-electron chi connectivity index (χ4n) is 1.75. The van der Waals surface area contributed by atoms with Crippen molar-refractivity contribution in [2.45, 2.75) is 33.3 Å². The van der Waals surface area contributed by atoms with Crippen LogP contribution in [0.5, 0.6) is 0 Å². The zero-order valence-electron chi connectivity index (χ0n) is 12.4. The molecule has 114 valence electrons. The summed E-state index contributed by atoms with van der Waals surface area (Å²) in [5, 5.41) is 1.85. The van der Waals surface area contributed by atoms with Gasteiger partial charge in [0, 0.05) is 0 Å². The maximum absolute atomic E-state index is 11.9. The van der Waals surface area contributed by atoms with Crippen molar-refractivity contribution in [3.8, 4) is 0 Å². The molecule has 0 aliphatic carbocycles. The zero-order chi connectivity index (χ0) is 16.0. The van der Waals surface area contributed by atoms with Crippen molar-refractivity contribution in [2.24, 2.45) is 11.7 Å². The second-order valence-electron chi connectivity index (χ2n) is 5.20. The molecule has 1 atom stereocenters. The highest BCUT2D eigenvalue weighted by Gasteiger charge is 2.19. The number of carbonyl (C=O) groups is 3. The number of amides is 3. The van der Waals surface area contributed by atoms with E-state index in [2.05, 4.69) is 13.8 Å². The first kappa shape index (κ1) is 16.7. The topological polar surface area (TPSA) is 98.5 Å². The minimum atomic E-state index is -1.10. The first-order valence-electron chi connectivity index (χ1n) is 6.69. The molecular formula is C15H20N2O4. The van der Waals surface area contributed by atoms with Crippen molar-refractivity contribution in [1.82, 2.24) is 5.32 Å². The van der Waals surface area contributed by atoms with E-state index in [1.807, 2.05) is 17.4 Å². The van der Waals surface area contributed by atoms with Gasteiger partial charge in [0.25, 0.3) is 5.91 Å². The maximum Gasteiger partial charge on any atom is 0.338 e. The van der Waals surface area contributed by atoms with Gasteiger partial charge < -0.3 is 10.5 Å².